The SMILES string of the molecule is COC(=O)c1ccc2nc(C(C(C)C)N(Cc3ccccc3)C(C)=O)sc2c1. The van der Waals surface area contributed by atoms with Crippen molar-refractivity contribution in [1.82, 2.24) is 9.88 Å². The molecule has 6 heteroatoms. The van der Waals surface area contributed by atoms with Gasteiger partial charge in [-0.15, -0.1) is 11.3 Å². The molecule has 0 bridgehead atoms. The number of ether oxygens (including phenoxy) is 1. The molecule has 0 fully saturated rings. The van der Waals surface area contributed by atoms with Crippen LogP contribution in [0.3, 0.4) is 0 Å². The number of hydrogen-bond acceptors (Lipinski definition) is 5. The summed E-state index contributed by atoms with van der Waals surface area (Å²) in [5.41, 5.74) is 2.40. The zero-order valence-electron chi connectivity index (χ0n) is 16.5. The third kappa shape index (κ3) is 4.22. The van der Waals surface area contributed by atoms with Crippen LogP contribution >= 0.6 is 11.3 Å². The van der Waals surface area contributed by atoms with Gasteiger partial charge in [0.1, 0.15) is 5.01 Å². The lowest BCUT2D eigenvalue weighted by Crippen LogP contribution is -2.35. The van der Waals surface area contributed by atoms with E-state index in [0.717, 1.165) is 20.8 Å². The van der Waals surface area contributed by atoms with E-state index in [2.05, 4.69) is 13.8 Å². The zero-order chi connectivity index (χ0) is 20.3. The first-order valence-electron chi connectivity index (χ1n) is 9.20. The Kier molecular flexibility index (Phi) is 6.09. The Morgan fingerprint density at radius 1 is 1.14 bits per heavy atom. The second kappa shape index (κ2) is 8.52. The van der Waals surface area contributed by atoms with Gasteiger partial charge in [-0.1, -0.05) is 44.2 Å². The third-order valence-corrected chi connectivity index (χ3v) is 5.74. The quantitative estimate of drug-likeness (QED) is 0.560. The van der Waals surface area contributed by atoms with Gasteiger partial charge in [-0.05, 0) is 29.7 Å². The predicted octanol–water partition coefficient (Wildman–Crippen LogP) is 4.83. The monoisotopic (exact) mass is 396 g/mol. The maximum Gasteiger partial charge on any atom is 0.337 e. The Balaban J connectivity index is 2.00. The van der Waals surface area contributed by atoms with Crippen LogP contribution < -0.4 is 0 Å². The first-order valence-corrected chi connectivity index (χ1v) is 10.0. The van der Waals surface area contributed by atoms with Crippen LogP contribution in [-0.4, -0.2) is 28.9 Å². The van der Waals surface area contributed by atoms with Crippen molar-refractivity contribution in [1.29, 1.82) is 0 Å². The minimum atomic E-state index is -0.369. The lowest BCUT2D eigenvalue weighted by atomic mass is 10.0. The molecule has 3 aromatic rings. The van der Waals surface area contributed by atoms with Crippen LogP contribution in [0, 0.1) is 5.92 Å². The molecule has 1 aromatic heterocycles. The molecule has 1 atom stereocenters. The molecule has 146 valence electrons. The Hall–Kier alpha value is -2.73. The van der Waals surface area contributed by atoms with Crippen LogP contribution in [0.1, 0.15) is 47.7 Å². The minimum absolute atomic E-state index is 0.0112. The molecule has 1 amide bonds. The largest absolute Gasteiger partial charge is 0.465 e. The number of nitrogens with zero attached hydrogens (tertiary/aromatic N) is 2. The molecule has 1 heterocycles. The Morgan fingerprint density at radius 2 is 1.86 bits per heavy atom. The van der Waals surface area contributed by atoms with Crippen LogP contribution in [0.2, 0.25) is 0 Å². The van der Waals surface area contributed by atoms with Crippen LogP contribution in [0.25, 0.3) is 10.2 Å². The fraction of sp³-hybridized carbons (Fsp3) is 0.318. The summed E-state index contributed by atoms with van der Waals surface area (Å²) in [5, 5.41) is 0.873. The van der Waals surface area contributed by atoms with E-state index >= 15 is 0 Å². The number of esters is 1. The van der Waals surface area contributed by atoms with Crippen molar-refractivity contribution in [2.45, 2.75) is 33.4 Å². The molecule has 5 nitrogen and oxygen atoms in total. The number of fused-ring (bicyclic) bond motifs is 1. The van der Waals surface area contributed by atoms with E-state index in [4.69, 9.17) is 9.72 Å². The van der Waals surface area contributed by atoms with Crippen molar-refractivity contribution in [3.63, 3.8) is 0 Å². The second-order valence-electron chi connectivity index (χ2n) is 7.05. The molecule has 0 aliphatic carbocycles. The highest BCUT2D eigenvalue weighted by Gasteiger charge is 2.29. The van der Waals surface area contributed by atoms with Gasteiger partial charge in [0.25, 0.3) is 0 Å². The summed E-state index contributed by atoms with van der Waals surface area (Å²) in [6.45, 7) is 6.32. The topological polar surface area (TPSA) is 59.5 Å². The molecule has 0 aliphatic heterocycles. The standard InChI is InChI=1S/C22H24N2O3S/c1-14(2)20(24(15(3)25)13-16-8-6-5-7-9-16)21-23-18-11-10-17(22(26)27-4)12-19(18)28-21/h5-12,14,20H,13H2,1-4H3. The van der Waals surface area contributed by atoms with Crippen molar-refractivity contribution < 1.29 is 14.3 Å². The van der Waals surface area contributed by atoms with E-state index in [1.807, 2.05) is 41.3 Å². The molecular formula is C22H24N2O3S. The molecule has 0 N–H and O–H groups in total. The van der Waals surface area contributed by atoms with Crippen molar-refractivity contribution in [3.05, 3.63) is 64.7 Å². The summed E-state index contributed by atoms with van der Waals surface area (Å²) in [7, 11) is 1.37. The van der Waals surface area contributed by atoms with Crippen molar-refractivity contribution in [2.75, 3.05) is 7.11 Å². The van der Waals surface area contributed by atoms with Gasteiger partial charge in [0.2, 0.25) is 5.91 Å². The Morgan fingerprint density at radius 3 is 2.46 bits per heavy atom. The van der Waals surface area contributed by atoms with Gasteiger partial charge in [0.15, 0.2) is 0 Å². The first-order chi connectivity index (χ1) is 13.4. The van der Waals surface area contributed by atoms with Crippen LogP contribution in [0.5, 0.6) is 0 Å². The zero-order valence-corrected chi connectivity index (χ0v) is 17.3. The Labute approximate surface area is 169 Å². The average molecular weight is 397 g/mol. The fourth-order valence-electron chi connectivity index (χ4n) is 3.28. The summed E-state index contributed by atoms with van der Waals surface area (Å²) >= 11 is 1.52. The molecule has 0 saturated carbocycles. The van der Waals surface area contributed by atoms with Crippen LogP contribution in [0.4, 0.5) is 0 Å². The van der Waals surface area contributed by atoms with Crippen LogP contribution in [-0.2, 0) is 16.1 Å². The van der Waals surface area contributed by atoms with E-state index in [1.165, 1.54) is 18.4 Å². The number of rotatable bonds is 6. The molecule has 28 heavy (non-hydrogen) atoms. The summed E-state index contributed by atoms with van der Waals surface area (Å²) in [5.74, 6) is -0.169. The number of carbonyl (C=O) groups excluding carboxylic acids is 2. The highest BCUT2D eigenvalue weighted by Crippen LogP contribution is 2.35. The number of aromatic nitrogens is 1. The summed E-state index contributed by atoms with van der Waals surface area (Å²) < 4.78 is 5.72. The van der Waals surface area contributed by atoms with E-state index in [0.29, 0.717) is 12.1 Å². The maximum absolute atomic E-state index is 12.5. The third-order valence-electron chi connectivity index (χ3n) is 4.65. The number of thiazole rings is 1. The minimum Gasteiger partial charge on any atom is -0.465 e. The lowest BCUT2D eigenvalue weighted by Gasteiger charge is -2.32. The molecule has 3 rings (SSSR count). The number of methoxy groups -OCH3 is 1. The maximum atomic E-state index is 12.5. The smallest absolute Gasteiger partial charge is 0.337 e. The van der Waals surface area contributed by atoms with Gasteiger partial charge in [0, 0.05) is 13.5 Å². The normalized spacial score (nSPS) is 12.2. The molecule has 0 radical (unpaired) electrons. The van der Waals surface area contributed by atoms with Gasteiger partial charge in [-0.2, -0.15) is 0 Å². The second-order valence-corrected chi connectivity index (χ2v) is 8.11. The number of amides is 1. The Bertz CT molecular complexity index is 982. The highest BCUT2D eigenvalue weighted by molar-refractivity contribution is 7.18. The number of carbonyl (C=O) groups is 2. The average Bonchev–Trinajstić information content (AvgIpc) is 3.09. The first kappa shape index (κ1) is 20.0. The van der Waals surface area contributed by atoms with Gasteiger partial charge in [-0.3, -0.25) is 4.79 Å². The van der Waals surface area contributed by atoms with Gasteiger partial charge in [0.05, 0.1) is 28.9 Å². The summed E-state index contributed by atoms with van der Waals surface area (Å²) in [6.07, 6.45) is 0. The van der Waals surface area contributed by atoms with Gasteiger partial charge in [-0.25, -0.2) is 9.78 Å². The lowest BCUT2D eigenvalue weighted by molar-refractivity contribution is -0.133. The molecule has 2 aromatic carbocycles. The van der Waals surface area contributed by atoms with E-state index in [9.17, 15) is 9.59 Å². The number of benzene rings is 2. The van der Waals surface area contributed by atoms with Crippen molar-refractivity contribution in [2.24, 2.45) is 5.92 Å². The van der Waals surface area contributed by atoms with Crippen LogP contribution in [0.15, 0.2) is 48.5 Å². The molecule has 0 saturated heterocycles. The number of hydrogen-bond donors (Lipinski definition) is 0. The molecule has 0 aliphatic rings. The van der Waals surface area contributed by atoms with Gasteiger partial charge >= 0.3 is 5.97 Å². The van der Waals surface area contributed by atoms with E-state index in [-0.39, 0.29) is 23.8 Å². The molecule has 0 spiro atoms. The fourth-order valence-corrected chi connectivity index (χ4v) is 4.57. The predicted molar refractivity (Wildman–Crippen MR) is 111 cm³/mol. The van der Waals surface area contributed by atoms with Gasteiger partial charge < -0.3 is 9.64 Å². The van der Waals surface area contributed by atoms with E-state index < -0.39 is 0 Å². The highest BCUT2D eigenvalue weighted by atomic mass is 32.1. The van der Waals surface area contributed by atoms with E-state index in [1.54, 1.807) is 19.1 Å². The van der Waals surface area contributed by atoms with Crippen molar-refractivity contribution in [3.8, 4) is 0 Å². The summed E-state index contributed by atoms with van der Waals surface area (Å²) in [6, 6.07) is 15.2. The van der Waals surface area contributed by atoms with Crippen molar-refractivity contribution >= 4 is 33.4 Å². The molecule has 1 unspecified atom stereocenters. The summed E-state index contributed by atoms with van der Waals surface area (Å²) in [4.78, 5) is 31.0. The molecular weight excluding hydrogens is 372 g/mol.